The lowest BCUT2D eigenvalue weighted by Gasteiger charge is -2.24. The van der Waals surface area contributed by atoms with Gasteiger partial charge in [-0.15, -0.1) is 0 Å². The Bertz CT molecular complexity index is 286. The zero-order chi connectivity index (χ0) is 12.5. The van der Waals surface area contributed by atoms with Gasteiger partial charge in [0.05, 0.1) is 5.54 Å². The zero-order valence-electron chi connectivity index (χ0n) is 11.0. The largest absolute Gasteiger partial charge is 0.354 e. The fourth-order valence-corrected chi connectivity index (χ4v) is 2.66. The predicted molar refractivity (Wildman–Crippen MR) is 68.5 cm³/mol. The first kappa shape index (κ1) is 12.8. The minimum Gasteiger partial charge on any atom is -0.354 e. The Balaban J connectivity index is 1.73. The summed E-state index contributed by atoms with van der Waals surface area (Å²) in [5, 5.41) is 3.04. The molecule has 1 heterocycles. The Morgan fingerprint density at radius 3 is 2.71 bits per heavy atom. The number of nitrogens with two attached hydrogens (primary N) is 1. The highest BCUT2D eigenvalue weighted by molar-refractivity contribution is 5.86. The molecule has 1 amide bonds. The number of carbonyl (C=O) groups excluding carboxylic acids is 1. The molecule has 0 aromatic carbocycles. The van der Waals surface area contributed by atoms with E-state index in [-0.39, 0.29) is 5.91 Å². The van der Waals surface area contributed by atoms with Gasteiger partial charge < -0.3 is 16.0 Å². The topological polar surface area (TPSA) is 58.4 Å². The Kier molecular flexibility index (Phi) is 3.73. The fraction of sp³-hybridized carbons (Fsp3) is 0.923. The highest BCUT2D eigenvalue weighted by atomic mass is 16.2. The van der Waals surface area contributed by atoms with Crippen LogP contribution in [-0.2, 0) is 4.79 Å². The third kappa shape index (κ3) is 2.99. The van der Waals surface area contributed by atoms with Gasteiger partial charge in [-0.1, -0.05) is 6.92 Å². The molecule has 2 rings (SSSR count). The van der Waals surface area contributed by atoms with Gasteiger partial charge in [-0.05, 0) is 51.1 Å². The lowest BCUT2D eigenvalue weighted by atomic mass is 9.96. The number of amides is 1. The molecule has 2 atom stereocenters. The quantitative estimate of drug-likeness (QED) is 0.737. The molecule has 0 aromatic rings. The summed E-state index contributed by atoms with van der Waals surface area (Å²) in [7, 11) is 0. The summed E-state index contributed by atoms with van der Waals surface area (Å²) < 4.78 is 0. The molecule has 2 aliphatic rings. The van der Waals surface area contributed by atoms with Crippen molar-refractivity contribution in [1.82, 2.24) is 10.2 Å². The van der Waals surface area contributed by atoms with Gasteiger partial charge in [0, 0.05) is 13.1 Å². The molecule has 1 saturated carbocycles. The summed E-state index contributed by atoms with van der Waals surface area (Å²) in [6.45, 7) is 8.23. The van der Waals surface area contributed by atoms with Crippen molar-refractivity contribution < 1.29 is 4.79 Å². The summed E-state index contributed by atoms with van der Waals surface area (Å²) in [6, 6.07) is 0. The number of hydrogen-bond acceptors (Lipinski definition) is 3. The molecule has 0 radical (unpaired) electrons. The van der Waals surface area contributed by atoms with Crippen LogP contribution in [0.4, 0.5) is 0 Å². The third-order valence-electron chi connectivity index (χ3n) is 4.28. The van der Waals surface area contributed by atoms with Crippen LogP contribution in [0.2, 0.25) is 0 Å². The number of rotatable bonds is 5. The minimum atomic E-state index is -0.650. The second kappa shape index (κ2) is 4.94. The molecule has 4 heteroatoms. The van der Waals surface area contributed by atoms with Gasteiger partial charge in [0.15, 0.2) is 0 Å². The molecule has 4 nitrogen and oxygen atoms in total. The molecule has 98 valence electrons. The molecule has 3 N–H and O–H groups in total. The number of nitrogens with zero attached hydrogens (tertiary/aromatic N) is 1. The molecule has 2 unspecified atom stereocenters. The molecule has 0 aromatic heterocycles. The zero-order valence-corrected chi connectivity index (χ0v) is 11.0. The first-order valence-electron chi connectivity index (χ1n) is 6.83. The molecule has 0 spiro atoms. The molecule has 2 fully saturated rings. The molecular formula is C13H25N3O. The highest BCUT2D eigenvalue weighted by Gasteiger charge is 2.44. The SMILES string of the molecule is CCN1CCC(CNC(=O)C(C)(N)C2CC2)C1. The van der Waals surface area contributed by atoms with E-state index in [2.05, 4.69) is 17.1 Å². The van der Waals surface area contributed by atoms with Crippen molar-refractivity contribution in [2.75, 3.05) is 26.2 Å². The lowest BCUT2D eigenvalue weighted by Crippen LogP contribution is -2.54. The van der Waals surface area contributed by atoms with E-state index in [1.54, 1.807) is 0 Å². The van der Waals surface area contributed by atoms with Crippen molar-refractivity contribution in [3.63, 3.8) is 0 Å². The maximum absolute atomic E-state index is 12.0. The Morgan fingerprint density at radius 2 is 2.18 bits per heavy atom. The Hall–Kier alpha value is -0.610. The van der Waals surface area contributed by atoms with Gasteiger partial charge in [-0.3, -0.25) is 4.79 Å². The van der Waals surface area contributed by atoms with Crippen molar-refractivity contribution in [2.24, 2.45) is 17.6 Å². The van der Waals surface area contributed by atoms with E-state index in [1.807, 2.05) is 6.92 Å². The van der Waals surface area contributed by atoms with E-state index in [0.717, 1.165) is 32.5 Å². The molecule has 0 bridgehead atoms. The summed E-state index contributed by atoms with van der Waals surface area (Å²) in [5.74, 6) is 1.04. The number of carbonyl (C=O) groups is 1. The smallest absolute Gasteiger partial charge is 0.240 e. The van der Waals surface area contributed by atoms with Crippen molar-refractivity contribution in [3.05, 3.63) is 0 Å². The van der Waals surface area contributed by atoms with E-state index in [0.29, 0.717) is 11.8 Å². The number of likely N-dealkylation sites (tertiary alicyclic amines) is 1. The van der Waals surface area contributed by atoms with Crippen LogP contribution in [0.15, 0.2) is 0 Å². The first-order valence-corrected chi connectivity index (χ1v) is 6.83. The third-order valence-corrected chi connectivity index (χ3v) is 4.28. The van der Waals surface area contributed by atoms with Crippen LogP contribution < -0.4 is 11.1 Å². The van der Waals surface area contributed by atoms with Crippen molar-refractivity contribution in [2.45, 2.75) is 38.6 Å². The monoisotopic (exact) mass is 239 g/mol. The van der Waals surface area contributed by atoms with Gasteiger partial charge in [0.25, 0.3) is 0 Å². The van der Waals surface area contributed by atoms with Crippen LogP contribution in [0.5, 0.6) is 0 Å². The normalized spacial score (nSPS) is 29.0. The van der Waals surface area contributed by atoms with Gasteiger partial charge in [0.1, 0.15) is 0 Å². The van der Waals surface area contributed by atoms with E-state index < -0.39 is 5.54 Å². The van der Waals surface area contributed by atoms with Crippen LogP contribution in [0, 0.1) is 11.8 Å². The predicted octanol–water partition coefficient (Wildman–Crippen LogP) is 0.572. The van der Waals surface area contributed by atoms with E-state index in [9.17, 15) is 4.79 Å². The molecule has 1 saturated heterocycles. The van der Waals surface area contributed by atoms with Gasteiger partial charge in [0.2, 0.25) is 5.91 Å². The van der Waals surface area contributed by atoms with Gasteiger partial charge in [-0.2, -0.15) is 0 Å². The van der Waals surface area contributed by atoms with Crippen molar-refractivity contribution in [1.29, 1.82) is 0 Å². The molecule has 1 aliphatic heterocycles. The average molecular weight is 239 g/mol. The van der Waals surface area contributed by atoms with Crippen molar-refractivity contribution >= 4 is 5.91 Å². The summed E-state index contributed by atoms with van der Waals surface area (Å²) in [5.41, 5.74) is 5.43. The first-order chi connectivity index (χ1) is 8.04. The lowest BCUT2D eigenvalue weighted by molar-refractivity contribution is -0.126. The summed E-state index contributed by atoms with van der Waals surface area (Å²) in [6.07, 6.45) is 3.40. The van der Waals surface area contributed by atoms with Crippen LogP contribution >= 0.6 is 0 Å². The number of nitrogens with one attached hydrogen (secondary N) is 1. The van der Waals surface area contributed by atoms with Crippen molar-refractivity contribution in [3.8, 4) is 0 Å². The molecular weight excluding hydrogens is 214 g/mol. The second-order valence-electron chi connectivity index (χ2n) is 5.81. The van der Waals surface area contributed by atoms with Gasteiger partial charge in [-0.25, -0.2) is 0 Å². The van der Waals surface area contributed by atoms with Crippen LogP contribution in [0.25, 0.3) is 0 Å². The van der Waals surface area contributed by atoms with Crippen LogP contribution in [-0.4, -0.2) is 42.5 Å². The maximum Gasteiger partial charge on any atom is 0.240 e. The van der Waals surface area contributed by atoms with E-state index in [1.165, 1.54) is 13.0 Å². The maximum atomic E-state index is 12.0. The average Bonchev–Trinajstić information content (AvgIpc) is 3.07. The Labute approximate surface area is 104 Å². The minimum absolute atomic E-state index is 0.0370. The van der Waals surface area contributed by atoms with E-state index in [4.69, 9.17) is 5.73 Å². The molecule has 17 heavy (non-hydrogen) atoms. The fourth-order valence-electron chi connectivity index (χ4n) is 2.66. The molecule has 1 aliphatic carbocycles. The Morgan fingerprint density at radius 1 is 1.47 bits per heavy atom. The van der Waals surface area contributed by atoms with E-state index >= 15 is 0 Å². The standard InChI is InChI=1S/C13H25N3O/c1-3-16-7-6-10(9-16)8-15-12(17)13(2,14)11-4-5-11/h10-11H,3-9,14H2,1-2H3,(H,15,17). The van der Waals surface area contributed by atoms with Gasteiger partial charge >= 0.3 is 0 Å². The van der Waals surface area contributed by atoms with Crippen LogP contribution in [0.3, 0.4) is 0 Å². The number of hydrogen-bond donors (Lipinski definition) is 2. The summed E-state index contributed by atoms with van der Waals surface area (Å²) in [4.78, 5) is 14.4. The summed E-state index contributed by atoms with van der Waals surface area (Å²) >= 11 is 0. The second-order valence-corrected chi connectivity index (χ2v) is 5.81. The highest BCUT2D eigenvalue weighted by Crippen LogP contribution is 2.38. The van der Waals surface area contributed by atoms with Crippen LogP contribution in [0.1, 0.15) is 33.1 Å².